The van der Waals surface area contributed by atoms with Gasteiger partial charge in [0.2, 0.25) is 11.0 Å². The lowest BCUT2D eigenvalue weighted by molar-refractivity contribution is -0.135. The van der Waals surface area contributed by atoms with Crippen molar-refractivity contribution in [2.75, 3.05) is 18.8 Å². The lowest BCUT2D eigenvalue weighted by Gasteiger charge is -2.40. The second-order valence-electron chi connectivity index (χ2n) is 4.27. The van der Waals surface area contributed by atoms with Crippen LogP contribution in [0.15, 0.2) is 0 Å². The minimum atomic E-state index is -0.501. The van der Waals surface area contributed by atoms with Crippen molar-refractivity contribution in [1.82, 2.24) is 20.4 Å². The Bertz CT molecular complexity index is 402. The Morgan fingerprint density at radius 1 is 1.56 bits per heavy atom. The fourth-order valence-electron chi connectivity index (χ4n) is 1.71. The zero-order valence-electron chi connectivity index (χ0n) is 9.36. The van der Waals surface area contributed by atoms with Crippen molar-refractivity contribution >= 4 is 22.4 Å². The van der Waals surface area contributed by atoms with Gasteiger partial charge in [0, 0.05) is 13.1 Å². The van der Waals surface area contributed by atoms with Gasteiger partial charge < -0.3 is 11.1 Å². The van der Waals surface area contributed by atoms with Crippen LogP contribution in [-0.2, 0) is 11.3 Å². The van der Waals surface area contributed by atoms with E-state index in [9.17, 15) is 4.79 Å². The Kier molecular flexibility index (Phi) is 2.81. The van der Waals surface area contributed by atoms with Crippen molar-refractivity contribution in [1.29, 1.82) is 0 Å². The van der Waals surface area contributed by atoms with Crippen molar-refractivity contribution in [3.8, 4) is 0 Å². The number of nitrogen functional groups attached to an aromatic ring is 1. The van der Waals surface area contributed by atoms with Gasteiger partial charge in [-0.05, 0) is 13.8 Å². The van der Waals surface area contributed by atoms with E-state index in [2.05, 4.69) is 20.4 Å². The summed E-state index contributed by atoms with van der Waals surface area (Å²) in [6.07, 6.45) is 0. The largest absolute Gasteiger partial charge is 0.374 e. The van der Waals surface area contributed by atoms with Gasteiger partial charge in [-0.25, -0.2) is 0 Å². The van der Waals surface area contributed by atoms with Crippen LogP contribution < -0.4 is 11.1 Å². The van der Waals surface area contributed by atoms with E-state index in [0.717, 1.165) is 11.6 Å². The normalized spacial score (nSPS) is 20.8. The SMILES string of the molecule is CC1(C)C(=O)NCCN1Cc1nnc(N)s1. The molecular formula is C9H15N5OS. The monoisotopic (exact) mass is 241 g/mol. The van der Waals surface area contributed by atoms with Gasteiger partial charge in [-0.15, -0.1) is 10.2 Å². The van der Waals surface area contributed by atoms with E-state index < -0.39 is 5.54 Å². The molecule has 88 valence electrons. The standard InChI is InChI=1S/C9H15N5OS/c1-9(2)7(15)11-3-4-14(9)5-6-12-13-8(10)16-6/h3-5H2,1-2H3,(H2,10,13)(H,11,15). The quantitative estimate of drug-likeness (QED) is 0.751. The van der Waals surface area contributed by atoms with E-state index in [0.29, 0.717) is 18.2 Å². The highest BCUT2D eigenvalue weighted by Gasteiger charge is 2.37. The molecule has 0 bridgehead atoms. The molecule has 0 aromatic carbocycles. The maximum atomic E-state index is 11.7. The predicted octanol–water partition coefficient (Wildman–Crippen LogP) is -0.169. The summed E-state index contributed by atoms with van der Waals surface area (Å²) < 4.78 is 0. The van der Waals surface area contributed by atoms with Crippen LogP contribution in [0.1, 0.15) is 18.9 Å². The summed E-state index contributed by atoms with van der Waals surface area (Å²) in [6, 6.07) is 0. The summed E-state index contributed by atoms with van der Waals surface area (Å²) >= 11 is 1.37. The van der Waals surface area contributed by atoms with E-state index in [1.54, 1.807) is 0 Å². The molecule has 0 saturated carbocycles. The predicted molar refractivity (Wildman–Crippen MR) is 61.8 cm³/mol. The van der Waals surface area contributed by atoms with Gasteiger partial charge in [0.15, 0.2) is 0 Å². The van der Waals surface area contributed by atoms with E-state index in [4.69, 9.17) is 5.73 Å². The fourth-order valence-corrected chi connectivity index (χ4v) is 2.34. The molecule has 1 aliphatic heterocycles. The van der Waals surface area contributed by atoms with Crippen molar-refractivity contribution in [3.63, 3.8) is 0 Å². The third-order valence-corrected chi connectivity index (χ3v) is 3.56. The number of anilines is 1. The molecule has 0 spiro atoms. The van der Waals surface area contributed by atoms with Gasteiger partial charge >= 0.3 is 0 Å². The van der Waals surface area contributed by atoms with Crippen LogP contribution in [0.3, 0.4) is 0 Å². The highest BCUT2D eigenvalue weighted by atomic mass is 32.1. The van der Waals surface area contributed by atoms with E-state index in [-0.39, 0.29) is 5.91 Å². The highest BCUT2D eigenvalue weighted by Crippen LogP contribution is 2.22. The molecule has 1 fully saturated rings. The molecule has 0 unspecified atom stereocenters. The molecule has 1 amide bonds. The van der Waals surface area contributed by atoms with Crippen molar-refractivity contribution in [2.45, 2.75) is 25.9 Å². The summed E-state index contributed by atoms with van der Waals surface area (Å²) in [5.41, 5.74) is 5.02. The number of aromatic nitrogens is 2. The minimum absolute atomic E-state index is 0.0521. The van der Waals surface area contributed by atoms with Crippen LogP contribution in [0.2, 0.25) is 0 Å². The third-order valence-electron chi connectivity index (χ3n) is 2.82. The van der Waals surface area contributed by atoms with Gasteiger partial charge in [-0.1, -0.05) is 11.3 Å². The molecule has 2 rings (SSSR count). The average molecular weight is 241 g/mol. The number of hydrogen-bond donors (Lipinski definition) is 2. The average Bonchev–Trinajstić information content (AvgIpc) is 2.60. The maximum absolute atomic E-state index is 11.7. The third kappa shape index (κ3) is 2.00. The Balaban J connectivity index is 2.11. The number of piperazine rings is 1. The van der Waals surface area contributed by atoms with Crippen LogP contribution in [0.5, 0.6) is 0 Å². The van der Waals surface area contributed by atoms with Crippen LogP contribution in [0, 0.1) is 0 Å². The molecule has 0 radical (unpaired) electrons. The Hall–Kier alpha value is -1.21. The summed E-state index contributed by atoms with van der Waals surface area (Å²) in [5.74, 6) is 0.0521. The molecule has 6 nitrogen and oxygen atoms in total. The number of carbonyl (C=O) groups is 1. The number of rotatable bonds is 2. The number of nitrogens with zero attached hydrogens (tertiary/aromatic N) is 3. The topological polar surface area (TPSA) is 84.1 Å². The van der Waals surface area contributed by atoms with Gasteiger partial charge in [0.05, 0.1) is 12.1 Å². The van der Waals surface area contributed by atoms with Crippen LogP contribution in [0.25, 0.3) is 0 Å². The lowest BCUT2D eigenvalue weighted by atomic mass is 9.99. The first-order chi connectivity index (χ1) is 7.50. The first-order valence-corrected chi connectivity index (χ1v) is 5.93. The van der Waals surface area contributed by atoms with Crippen molar-refractivity contribution in [3.05, 3.63) is 5.01 Å². The number of nitrogens with one attached hydrogen (secondary N) is 1. The zero-order valence-corrected chi connectivity index (χ0v) is 10.2. The molecule has 7 heteroatoms. The summed E-state index contributed by atoms with van der Waals surface area (Å²) in [5, 5.41) is 11.9. The van der Waals surface area contributed by atoms with Gasteiger partial charge in [0.1, 0.15) is 5.01 Å². The molecule has 1 saturated heterocycles. The Morgan fingerprint density at radius 3 is 2.94 bits per heavy atom. The zero-order chi connectivity index (χ0) is 11.8. The maximum Gasteiger partial charge on any atom is 0.240 e. The molecule has 0 atom stereocenters. The Morgan fingerprint density at radius 2 is 2.31 bits per heavy atom. The first kappa shape index (κ1) is 11.3. The molecular weight excluding hydrogens is 226 g/mol. The number of hydrogen-bond acceptors (Lipinski definition) is 6. The van der Waals surface area contributed by atoms with Gasteiger partial charge in [0.25, 0.3) is 0 Å². The molecule has 1 aliphatic rings. The molecule has 1 aromatic rings. The highest BCUT2D eigenvalue weighted by molar-refractivity contribution is 7.15. The van der Waals surface area contributed by atoms with Crippen molar-refractivity contribution < 1.29 is 4.79 Å². The number of amides is 1. The molecule has 3 N–H and O–H groups in total. The molecule has 2 heterocycles. The lowest BCUT2D eigenvalue weighted by Crippen LogP contribution is -2.61. The molecule has 1 aromatic heterocycles. The molecule has 16 heavy (non-hydrogen) atoms. The van der Waals surface area contributed by atoms with E-state index in [1.807, 2.05) is 13.8 Å². The second-order valence-corrected chi connectivity index (χ2v) is 5.36. The molecule has 0 aliphatic carbocycles. The smallest absolute Gasteiger partial charge is 0.240 e. The second kappa shape index (κ2) is 3.99. The summed E-state index contributed by atoms with van der Waals surface area (Å²) in [6.45, 7) is 5.93. The van der Waals surface area contributed by atoms with E-state index in [1.165, 1.54) is 11.3 Å². The first-order valence-electron chi connectivity index (χ1n) is 5.11. The summed E-state index contributed by atoms with van der Waals surface area (Å²) in [7, 11) is 0. The van der Waals surface area contributed by atoms with Crippen LogP contribution >= 0.6 is 11.3 Å². The summed E-state index contributed by atoms with van der Waals surface area (Å²) in [4.78, 5) is 13.8. The fraction of sp³-hybridized carbons (Fsp3) is 0.667. The van der Waals surface area contributed by atoms with Gasteiger partial charge in [-0.2, -0.15) is 0 Å². The van der Waals surface area contributed by atoms with E-state index >= 15 is 0 Å². The number of nitrogens with two attached hydrogens (primary N) is 1. The Labute approximate surface area is 97.8 Å². The van der Waals surface area contributed by atoms with Crippen LogP contribution in [-0.4, -0.2) is 39.6 Å². The van der Waals surface area contributed by atoms with Crippen LogP contribution in [0.4, 0.5) is 5.13 Å². The minimum Gasteiger partial charge on any atom is -0.374 e. The number of carbonyl (C=O) groups excluding carboxylic acids is 1. The van der Waals surface area contributed by atoms with Gasteiger partial charge in [-0.3, -0.25) is 9.69 Å². The van der Waals surface area contributed by atoms with Crippen molar-refractivity contribution in [2.24, 2.45) is 0 Å².